The molecule has 134 valence electrons. The monoisotopic (exact) mass is 378 g/mol. The molecule has 0 aromatic heterocycles. The number of aryl methyl sites for hydroxylation is 1. The van der Waals surface area contributed by atoms with E-state index in [-0.39, 0.29) is 0 Å². The topological polar surface area (TPSA) is 40.6 Å². The van der Waals surface area contributed by atoms with Gasteiger partial charge in [-0.05, 0) is 43.2 Å². The van der Waals surface area contributed by atoms with Crippen LogP contribution in [-0.2, 0) is 16.4 Å². The van der Waals surface area contributed by atoms with Crippen LogP contribution in [0.15, 0.2) is 53.4 Å². The summed E-state index contributed by atoms with van der Waals surface area (Å²) in [6, 6.07) is 15.0. The zero-order valence-corrected chi connectivity index (χ0v) is 15.9. The van der Waals surface area contributed by atoms with Crippen molar-refractivity contribution in [1.82, 2.24) is 9.21 Å². The molecule has 0 aliphatic carbocycles. The molecule has 2 aromatic carbocycles. The summed E-state index contributed by atoms with van der Waals surface area (Å²) < 4.78 is 27.0. The van der Waals surface area contributed by atoms with Gasteiger partial charge in [-0.3, -0.25) is 0 Å². The second kappa shape index (κ2) is 7.87. The number of benzene rings is 2. The van der Waals surface area contributed by atoms with Gasteiger partial charge in [-0.25, -0.2) is 8.42 Å². The Morgan fingerprint density at radius 2 is 1.68 bits per heavy atom. The van der Waals surface area contributed by atoms with Crippen LogP contribution < -0.4 is 0 Å². The van der Waals surface area contributed by atoms with Crippen LogP contribution >= 0.6 is 11.6 Å². The molecule has 6 heteroatoms. The Morgan fingerprint density at radius 1 is 1.00 bits per heavy atom. The predicted molar refractivity (Wildman–Crippen MR) is 102 cm³/mol. The van der Waals surface area contributed by atoms with Gasteiger partial charge in [0.15, 0.2) is 0 Å². The number of hydrogen-bond acceptors (Lipinski definition) is 3. The third-order valence-corrected chi connectivity index (χ3v) is 6.74. The molecule has 0 bridgehead atoms. The van der Waals surface area contributed by atoms with E-state index in [2.05, 4.69) is 11.0 Å². The van der Waals surface area contributed by atoms with E-state index in [9.17, 15) is 8.42 Å². The summed E-state index contributed by atoms with van der Waals surface area (Å²) >= 11 is 6.02. The number of nitrogens with zero attached hydrogens (tertiary/aromatic N) is 2. The zero-order valence-electron chi connectivity index (χ0n) is 14.4. The van der Waals surface area contributed by atoms with Gasteiger partial charge in [-0.2, -0.15) is 4.31 Å². The number of halogens is 1. The van der Waals surface area contributed by atoms with Gasteiger partial charge in [0.1, 0.15) is 0 Å². The average Bonchev–Trinajstić information content (AvgIpc) is 2.61. The van der Waals surface area contributed by atoms with Crippen molar-refractivity contribution in [2.24, 2.45) is 0 Å². The van der Waals surface area contributed by atoms with Crippen LogP contribution in [-0.4, -0.2) is 50.3 Å². The summed E-state index contributed by atoms with van der Waals surface area (Å²) in [5.41, 5.74) is 2.27. The maximum atomic E-state index is 12.7. The Morgan fingerprint density at radius 3 is 2.32 bits per heavy atom. The Bertz CT molecular complexity index is 814. The molecule has 1 saturated heterocycles. The summed E-state index contributed by atoms with van der Waals surface area (Å²) in [5.74, 6) is 0. The van der Waals surface area contributed by atoms with Gasteiger partial charge in [0, 0.05) is 37.7 Å². The molecule has 0 unspecified atom stereocenters. The molecule has 0 saturated carbocycles. The molecular weight excluding hydrogens is 356 g/mol. The van der Waals surface area contributed by atoms with Gasteiger partial charge in [0.05, 0.1) is 4.90 Å². The first-order chi connectivity index (χ1) is 11.9. The molecule has 25 heavy (non-hydrogen) atoms. The van der Waals surface area contributed by atoms with Crippen molar-refractivity contribution in [2.75, 3.05) is 32.7 Å². The molecule has 0 radical (unpaired) electrons. The molecule has 0 N–H and O–H groups in total. The number of hydrogen-bond donors (Lipinski definition) is 0. The smallest absolute Gasteiger partial charge is 0.243 e. The second-order valence-electron chi connectivity index (χ2n) is 6.44. The first-order valence-electron chi connectivity index (χ1n) is 8.49. The lowest BCUT2D eigenvalue weighted by atomic mass is 10.1. The highest BCUT2D eigenvalue weighted by molar-refractivity contribution is 7.89. The van der Waals surface area contributed by atoms with E-state index >= 15 is 0 Å². The van der Waals surface area contributed by atoms with Crippen molar-refractivity contribution in [3.63, 3.8) is 0 Å². The van der Waals surface area contributed by atoms with Gasteiger partial charge >= 0.3 is 0 Å². The van der Waals surface area contributed by atoms with E-state index in [1.807, 2.05) is 37.3 Å². The highest BCUT2D eigenvalue weighted by Gasteiger charge is 2.28. The quantitative estimate of drug-likeness (QED) is 0.802. The van der Waals surface area contributed by atoms with Crippen molar-refractivity contribution in [3.8, 4) is 0 Å². The van der Waals surface area contributed by atoms with E-state index in [0.29, 0.717) is 18.0 Å². The molecule has 2 aromatic rings. The number of rotatable bonds is 5. The van der Waals surface area contributed by atoms with Crippen molar-refractivity contribution in [2.45, 2.75) is 18.2 Å². The lowest BCUT2D eigenvalue weighted by molar-refractivity contribution is 0.190. The number of sulfonamides is 1. The molecule has 0 atom stereocenters. The first-order valence-corrected chi connectivity index (χ1v) is 10.3. The highest BCUT2D eigenvalue weighted by Crippen LogP contribution is 2.18. The van der Waals surface area contributed by atoms with E-state index in [4.69, 9.17) is 11.6 Å². The minimum absolute atomic E-state index is 0.380. The van der Waals surface area contributed by atoms with Crippen LogP contribution in [0.4, 0.5) is 0 Å². The van der Waals surface area contributed by atoms with Crippen LogP contribution in [0, 0.1) is 6.92 Å². The van der Waals surface area contributed by atoms with Crippen molar-refractivity contribution in [3.05, 3.63) is 64.7 Å². The molecule has 3 rings (SSSR count). The standard InChI is InChI=1S/C19H23ClN2O2S/c1-16-5-7-19(8-6-16)25(23,24)22-13-11-21(12-14-22)10-9-17-3-2-4-18(20)15-17/h2-8,15H,9-14H2,1H3. The minimum Gasteiger partial charge on any atom is -0.300 e. The summed E-state index contributed by atoms with van der Waals surface area (Å²) in [7, 11) is -3.39. The summed E-state index contributed by atoms with van der Waals surface area (Å²) in [5, 5.41) is 0.756. The third-order valence-electron chi connectivity index (χ3n) is 4.60. The van der Waals surface area contributed by atoms with Crippen LogP contribution in [0.2, 0.25) is 5.02 Å². The van der Waals surface area contributed by atoms with Crippen LogP contribution in [0.5, 0.6) is 0 Å². The Balaban J connectivity index is 1.55. The van der Waals surface area contributed by atoms with Crippen LogP contribution in [0.1, 0.15) is 11.1 Å². The van der Waals surface area contributed by atoms with Gasteiger partial charge < -0.3 is 4.90 Å². The van der Waals surface area contributed by atoms with Crippen molar-refractivity contribution in [1.29, 1.82) is 0 Å². The normalized spacial score (nSPS) is 16.9. The third kappa shape index (κ3) is 4.61. The summed E-state index contributed by atoms with van der Waals surface area (Å²) in [6.07, 6.45) is 0.922. The predicted octanol–water partition coefficient (Wildman–Crippen LogP) is 3.20. The Kier molecular flexibility index (Phi) is 5.79. The first kappa shape index (κ1) is 18.4. The van der Waals surface area contributed by atoms with E-state index in [1.165, 1.54) is 5.56 Å². The second-order valence-corrected chi connectivity index (χ2v) is 8.81. The van der Waals surface area contributed by atoms with E-state index < -0.39 is 10.0 Å². The molecular formula is C19H23ClN2O2S. The molecule has 1 aliphatic rings. The minimum atomic E-state index is -3.39. The molecule has 1 heterocycles. The van der Waals surface area contributed by atoms with Crippen molar-refractivity contribution < 1.29 is 8.42 Å². The molecule has 0 amide bonds. The highest BCUT2D eigenvalue weighted by atomic mass is 35.5. The summed E-state index contributed by atoms with van der Waals surface area (Å²) in [6.45, 7) is 5.45. The lowest BCUT2D eigenvalue weighted by Crippen LogP contribution is -2.48. The van der Waals surface area contributed by atoms with E-state index in [0.717, 1.165) is 36.6 Å². The molecule has 1 fully saturated rings. The maximum Gasteiger partial charge on any atom is 0.243 e. The van der Waals surface area contributed by atoms with Gasteiger partial charge in [0.25, 0.3) is 0 Å². The van der Waals surface area contributed by atoms with Crippen molar-refractivity contribution >= 4 is 21.6 Å². The zero-order chi connectivity index (χ0) is 17.9. The Hall–Kier alpha value is -1.40. The Labute approximate surface area is 155 Å². The largest absolute Gasteiger partial charge is 0.300 e. The van der Waals surface area contributed by atoms with Gasteiger partial charge in [-0.15, -0.1) is 0 Å². The average molecular weight is 379 g/mol. The van der Waals surface area contributed by atoms with Crippen LogP contribution in [0.3, 0.4) is 0 Å². The fourth-order valence-corrected chi connectivity index (χ4v) is 4.67. The molecule has 4 nitrogen and oxygen atoms in total. The summed E-state index contributed by atoms with van der Waals surface area (Å²) in [4.78, 5) is 2.69. The maximum absolute atomic E-state index is 12.7. The van der Waals surface area contributed by atoms with E-state index in [1.54, 1.807) is 16.4 Å². The lowest BCUT2D eigenvalue weighted by Gasteiger charge is -2.34. The fourth-order valence-electron chi connectivity index (χ4n) is 3.03. The van der Waals surface area contributed by atoms with Gasteiger partial charge in [0.2, 0.25) is 10.0 Å². The fraction of sp³-hybridized carbons (Fsp3) is 0.368. The number of piperazine rings is 1. The van der Waals surface area contributed by atoms with Crippen LogP contribution in [0.25, 0.3) is 0 Å². The SMILES string of the molecule is Cc1ccc(S(=O)(=O)N2CCN(CCc3cccc(Cl)c3)CC2)cc1. The molecule has 0 spiro atoms. The molecule has 1 aliphatic heterocycles. The van der Waals surface area contributed by atoms with Gasteiger partial charge in [-0.1, -0.05) is 41.4 Å².